The van der Waals surface area contributed by atoms with Crippen LogP contribution in [0.15, 0.2) is 54.9 Å². The molecule has 1 aromatic carbocycles. The molecule has 0 amide bonds. The van der Waals surface area contributed by atoms with Crippen LogP contribution in [0, 0.1) is 0 Å². The Morgan fingerprint density at radius 3 is 2.05 bits per heavy atom. The van der Waals surface area contributed by atoms with Crippen molar-refractivity contribution in [2.75, 3.05) is 5.75 Å². The Hall–Kier alpha value is -1.98. The lowest BCUT2D eigenvalue weighted by molar-refractivity contribution is -0.692. The van der Waals surface area contributed by atoms with E-state index < -0.39 is 15.9 Å². The minimum Gasteiger partial charge on any atom is -0.748 e. The molecule has 1 aromatic heterocycles. The van der Waals surface area contributed by atoms with Crippen molar-refractivity contribution >= 4 is 22.3 Å². The Kier molecular flexibility index (Phi) is 4.65. The van der Waals surface area contributed by atoms with Crippen molar-refractivity contribution in [3.63, 3.8) is 0 Å². The number of aromatic nitrogens is 1. The van der Waals surface area contributed by atoms with Crippen LogP contribution in [-0.4, -0.2) is 18.7 Å². The summed E-state index contributed by atoms with van der Waals surface area (Å²) in [6, 6.07) is 13.7. The zero-order chi connectivity index (χ0) is 14.4. The van der Waals surface area contributed by atoms with Gasteiger partial charge in [0.2, 0.25) is 0 Å². The molecule has 0 fully saturated rings. The van der Waals surface area contributed by atoms with Crippen LogP contribution in [0.4, 0.5) is 0 Å². The van der Waals surface area contributed by atoms with E-state index in [1.165, 1.54) is 0 Å². The quantitative estimate of drug-likeness (QED) is 0.621. The van der Waals surface area contributed by atoms with Crippen molar-refractivity contribution in [2.45, 2.75) is 6.54 Å². The van der Waals surface area contributed by atoms with Crippen molar-refractivity contribution in [3.8, 4) is 0 Å². The lowest BCUT2D eigenvalue weighted by Gasteiger charge is -2.03. The second-order valence-electron chi connectivity index (χ2n) is 4.38. The summed E-state index contributed by atoms with van der Waals surface area (Å²) in [7, 11) is -4.16. The van der Waals surface area contributed by atoms with Gasteiger partial charge in [-0.05, 0) is 11.1 Å². The van der Waals surface area contributed by atoms with Gasteiger partial charge in [-0.2, -0.15) is 0 Å². The summed E-state index contributed by atoms with van der Waals surface area (Å²) in [6.45, 7) is 0.175. The van der Waals surface area contributed by atoms with Gasteiger partial charge in [0.1, 0.15) is 10.1 Å². The maximum absolute atomic E-state index is 10.6. The second kappa shape index (κ2) is 6.45. The minimum atomic E-state index is -4.16. The van der Waals surface area contributed by atoms with Crippen molar-refractivity contribution in [3.05, 3.63) is 66.0 Å². The largest absolute Gasteiger partial charge is 0.748 e. The number of hydrogen-bond donors (Lipinski definition) is 0. The molecule has 2 rings (SSSR count). The third-order valence-electron chi connectivity index (χ3n) is 2.78. The lowest BCUT2D eigenvalue weighted by Crippen LogP contribution is -2.36. The highest BCUT2D eigenvalue weighted by Crippen LogP contribution is 2.06. The monoisotopic (exact) mass is 289 g/mol. The fraction of sp³-hybridized carbons (Fsp3) is 0.133. The van der Waals surface area contributed by atoms with Crippen molar-refractivity contribution in [2.24, 2.45) is 0 Å². The van der Waals surface area contributed by atoms with Crippen LogP contribution in [0.2, 0.25) is 0 Å². The average Bonchev–Trinajstić information content (AvgIpc) is 2.44. The van der Waals surface area contributed by atoms with Crippen LogP contribution >= 0.6 is 0 Å². The molecule has 0 unspecified atom stereocenters. The molecule has 0 saturated carbocycles. The molecule has 5 heteroatoms. The van der Waals surface area contributed by atoms with Gasteiger partial charge >= 0.3 is 0 Å². The van der Waals surface area contributed by atoms with Gasteiger partial charge in [0.05, 0.1) is 5.75 Å². The van der Waals surface area contributed by atoms with E-state index in [-0.39, 0.29) is 6.54 Å². The number of hydrogen-bond acceptors (Lipinski definition) is 3. The zero-order valence-electron chi connectivity index (χ0n) is 10.8. The molecule has 4 nitrogen and oxygen atoms in total. The van der Waals surface area contributed by atoms with Gasteiger partial charge in [0.25, 0.3) is 0 Å². The van der Waals surface area contributed by atoms with Gasteiger partial charge < -0.3 is 4.55 Å². The molecule has 2 aromatic rings. The van der Waals surface area contributed by atoms with Crippen LogP contribution in [0.5, 0.6) is 0 Å². The standard InChI is InChI=1S/C15H15NO3S/c17-20(18,19)13-12-16-10-8-15(9-11-16)7-6-14-4-2-1-3-5-14/h1-11H,12-13H2/b7-6+. The fourth-order valence-corrected chi connectivity index (χ4v) is 2.14. The van der Waals surface area contributed by atoms with E-state index in [1.54, 1.807) is 17.0 Å². The van der Waals surface area contributed by atoms with Crippen LogP contribution in [0.25, 0.3) is 12.2 Å². The smallest absolute Gasteiger partial charge is 0.169 e. The molecule has 0 bridgehead atoms. The van der Waals surface area contributed by atoms with Crippen molar-refractivity contribution < 1.29 is 17.5 Å². The van der Waals surface area contributed by atoms with Gasteiger partial charge in [-0.15, -0.1) is 0 Å². The maximum atomic E-state index is 10.6. The molecule has 20 heavy (non-hydrogen) atoms. The summed E-state index contributed by atoms with van der Waals surface area (Å²) in [5.74, 6) is -0.392. The van der Waals surface area contributed by atoms with Gasteiger partial charge in [-0.25, -0.2) is 13.0 Å². The first kappa shape index (κ1) is 14.4. The lowest BCUT2D eigenvalue weighted by atomic mass is 10.1. The van der Waals surface area contributed by atoms with E-state index in [0.29, 0.717) is 0 Å². The Balaban J connectivity index is 2.00. The third-order valence-corrected chi connectivity index (χ3v) is 3.47. The molecule has 0 aliphatic heterocycles. The van der Waals surface area contributed by atoms with Gasteiger partial charge in [-0.1, -0.05) is 42.5 Å². The molecular weight excluding hydrogens is 274 g/mol. The molecule has 0 radical (unpaired) electrons. The summed E-state index contributed by atoms with van der Waals surface area (Å²) in [5.41, 5.74) is 2.12. The van der Waals surface area contributed by atoms with Gasteiger partial charge in [0, 0.05) is 12.1 Å². The number of aryl methyl sites for hydroxylation is 1. The summed E-state index contributed by atoms with van der Waals surface area (Å²) < 4.78 is 33.3. The normalized spacial score (nSPS) is 11.8. The summed E-state index contributed by atoms with van der Waals surface area (Å²) in [4.78, 5) is 0. The Morgan fingerprint density at radius 2 is 1.50 bits per heavy atom. The van der Waals surface area contributed by atoms with Crippen LogP contribution in [-0.2, 0) is 16.7 Å². The minimum absolute atomic E-state index is 0.175. The maximum Gasteiger partial charge on any atom is 0.169 e. The fourth-order valence-electron chi connectivity index (χ4n) is 1.70. The molecule has 104 valence electrons. The van der Waals surface area contributed by atoms with Crippen LogP contribution in [0.1, 0.15) is 11.1 Å². The van der Waals surface area contributed by atoms with E-state index >= 15 is 0 Å². The van der Waals surface area contributed by atoms with E-state index in [9.17, 15) is 13.0 Å². The second-order valence-corrected chi connectivity index (χ2v) is 5.90. The number of pyridine rings is 1. The first-order valence-corrected chi connectivity index (χ1v) is 7.76. The SMILES string of the molecule is O=S(=O)([O-])CC[n+]1ccc(/C=C/c2ccccc2)cc1. The molecule has 0 N–H and O–H groups in total. The van der Waals surface area contributed by atoms with E-state index in [4.69, 9.17) is 0 Å². The Bertz CT molecular complexity index is 677. The number of nitrogens with zero attached hydrogens (tertiary/aromatic N) is 1. The summed E-state index contributed by atoms with van der Waals surface area (Å²) in [5, 5.41) is 0. The number of rotatable bonds is 5. The molecule has 0 spiro atoms. The third kappa shape index (κ3) is 4.95. The van der Waals surface area contributed by atoms with E-state index in [1.807, 2.05) is 54.6 Å². The molecule has 0 aliphatic rings. The highest BCUT2D eigenvalue weighted by atomic mass is 32.2. The molecule has 0 atom stereocenters. The zero-order valence-corrected chi connectivity index (χ0v) is 11.7. The topological polar surface area (TPSA) is 61.1 Å². The van der Waals surface area contributed by atoms with Crippen LogP contribution < -0.4 is 4.57 Å². The van der Waals surface area contributed by atoms with E-state index in [2.05, 4.69) is 0 Å². The van der Waals surface area contributed by atoms with Gasteiger partial charge in [0.15, 0.2) is 18.9 Å². The predicted octanol–water partition coefficient (Wildman–Crippen LogP) is 1.69. The summed E-state index contributed by atoms with van der Waals surface area (Å²) >= 11 is 0. The number of benzene rings is 1. The van der Waals surface area contributed by atoms with E-state index in [0.717, 1.165) is 11.1 Å². The molecule has 1 heterocycles. The predicted molar refractivity (Wildman–Crippen MR) is 76.6 cm³/mol. The Morgan fingerprint density at radius 1 is 0.950 bits per heavy atom. The van der Waals surface area contributed by atoms with Gasteiger partial charge in [-0.3, -0.25) is 0 Å². The van der Waals surface area contributed by atoms with Crippen molar-refractivity contribution in [1.82, 2.24) is 0 Å². The highest BCUT2D eigenvalue weighted by molar-refractivity contribution is 7.85. The van der Waals surface area contributed by atoms with Crippen LogP contribution in [0.3, 0.4) is 0 Å². The first-order valence-electron chi connectivity index (χ1n) is 6.19. The molecule has 0 saturated heterocycles. The first-order chi connectivity index (χ1) is 9.53. The average molecular weight is 289 g/mol. The van der Waals surface area contributed by atoms with Crippen molar-refractivity contribution in [1.29, 1.82) is 0 Å². The molecular formula is C15H15NO3S. The molecule has 0 aliphatic carbocycles. The summed E-state index contributed by atoms with van der Waals surface area (Å²) in [6.07, 6.45) is 7.50. The Labute approximate surface area is 118 Å². The highest BCUT2D eigenvalue weighted by Gasteiger charge is 2.03.